The van der Waals surface area contributed by atoms with E-state index in [1.54, 1.807) is 0 Å². The highest BCUT2D eigenvalue weighted by Crippen LogP contribution is 2.26. The molecule has 88 valence electrons. The molecule has 1 unspecified atom stereocenters. The van der Waals surface area contributed by atoms with E-state index < -0.39 is 0 Å². The summed E-state index contributed by atoms with van der Waals surface area (Å²) in [5.41, 5.74) is 0. The normalized spacial score (nSPS) is 29.2. The Morgan fingerprint density at radius 1 is 0.867 bits per heavy atom. The maximum absolute atomic E-state index is 3.70. The average molecular weight is 227 g/mol. The molecule has 1 heterocycles. The van der Waals surface area contributed by atoms with E-state index in [0.29, 0.717) is 0 Å². The molecule has 0 bridgehead atoms. The van der Waals surface area contributed by atoms with Crippen LogP contribution in [0.15, 0.2) is 0 Å². The quantitative estimate of drug-likeness (QED) is 0.738. The van der Waals surface area contributed by atoms with Gasteiger partial charge in [-0.1, -0.05) is 25.7 Å². The highest BCUT2D eigenvalue weighted by Gasteiger charge is 2.16. The Morgan fingerprint density at radius 2 is 1.67 bits per heavy atom. The third kappa shape index (κ3) is 4.36. The number of rotatable bonds is 4. The minimum absolute atomic E-state index is 0.927. The van der Waals surface area contributed by atoms with Crippen LogP contribution >= 0.6 is 11.8 Å². The molecule has 2 aliphatic rings. The van der Waals surface area contributed by atoms with E-state index in [4.69, 9.17) is 0 Å². The minimum Gasteiger partial charge on any atom is -0.315 e. The van der Waals surface area contributed by atoms with Crippen LogP contribution in [0.5, 0.6) is 0 Å². The summed E-state index contributed by atoms with van der Waals surface area (Å²) in [6, 6.07) is 0. The Balaban J connectivity index is 1.55. The van der Waals surface area contributed by atoms with Gasteiger partial charge < -0.3 is 5.32 Å². The number of hydrogen-bond donors (Lipinski definition) is 1. The third-order valence-electron chi connectivity index (χ3n) is 3.80. The summed E-state index contributed by atoms with van der Waals surface area (Å²) >= 11 is 2.17. The fraction of sp³-hybridized carbons (Fsp3) is 1.00. The molecular weight excluding hydrogens is 202 g/mol. The molecule has 1 saturated carbocycles. The molecule has 1 N–H and O–H groups in total. The molecule has 0 aromatic heterocycles. The molecule has 0 aromatic carbocycles. The average Bonchev–Trinajstić information content (AvgIpc) is 2.62. The Bertz CT molecular complexity index is 158. The second-order valence-electron chi connectivity index (χ2n) is 5.15. The molecule has 1 nitrogen and oxygen atoms in total. The first-order valence-electron chi connectivity index (χ1n) is 6.77. The van der Waals surface area contributed by atoms with Crippen LogP contribution in [0.3, 0.4) is 0 Å². The van der Waals surface area contributed by atoms with Gasteiger partial charge in [-0.15, -0.1) is 0 Å². The fourth-order valence-electron chi connectivity index (χ4n) is 2.82. The van der Waals surface area contributed by atoms with Crippen molar-refractivity contribution < 1.29 is 0 Å². The zero-order valence-electron chi connectivity index (χ0n) is 9.84. The zero-order valence-corrected chi connectivity index (χ0v) is 10.7. The smallest absolute Gasteiger partial charge is 0.0172 e. The summed E-state index contributed by atoms with van der Waals surface area (Å²) < 4.78 is 0. The van der Waals surface area contributed by atoms with Gasteiger partial charge in [-0.2, -0.15) is 11.8 Å². The van der Waals surface area contributed by atoms with Gasteiger partial charge in [-0.05, 0) is 43.9 Å². The molecule has 0 spiro atoms. The van der Waals surface area contributed by atoms with Crippen molar-refractivity contribution in [2.75, 3.05) is 18.8 Å². The van der Waals surface area contributed by atoms with Gasteiger partial charge in [0.05, 0.1) is 0 Å². The molecule has 0 radical (unpaired) electrons. The Kier molecular flexibility index (Phi) is 5.34. The highest BCUT2D eigenvalue weighted by molar-refractivity contribution is 8.00. The maximum atomic E-state index is 3.70. The van der Waals surface area contributed by atoms with Gasteiger partial charge in [-0.3, -0.25) is 0 Å². The summed E-state index contributed by atoms with van der Waals surface area (Å²) in [5.74, 6) is 2.38. The van der Waals surface area contributed by atoms with Crippen LogP contribution in [0, 0.1) is 5.92 Å². The number of nitrogens with one attached hydrogen (secondary N) is 1. The first kappa shape index (κ1) is 11.8. The molecule has 0 amide bonds. The zero-order chi connectivity index (χ0) is 10.3. The van der Waals surface area contributed by atoms with Gasteiger partial charge in [-0.25, -0.2) is 0 Å². The van der Waals surface area contributed by atoms with E-state index in [-0.39, 0.29) is 0 Å². The predicted octanol–water partition coefficient (Wildman–Crippen LogP) is 3.44. The standard InChI is InChI=1S/C13H25NS/c1-2-4-7-12(6-3-1)10-14-11-13-8-5-9-15-13/h12-14H,1-11H2. The van der Waals surface area contributed by atoms with E-state index in [1.807, 2.05) is 0 Å². The lowest BCUT2D eigenvalue weighted by Crippen LogP contribution is -2.28. The first-order valence-corrected chi connectivity index (χ1v) is 7.82. The second kappa shape index (κ2) is 6.80. The van der Waals surface area contributed by atoms with Crippen LogP contribution in [-0.2, 0) is 0 Å². The van der Waals surface area contributed by atoms with Crippen molar-refractivity contribution >= 4 is 11.8 Å². The van der Waals surface area contributed by atoms with Crippen LogP contribution in [0.4, 0.5) is 0 Å². The Labute approximate surface area is 98.8 Å². The molecule has 2 fully saturated rings. The van der Waals surface area contributed by atoms with Gasteiger partial charge in [0.2, 0.25) is 0 Å². The lowest BCUT2D eigenvalue weighted by molar-refractivity contribution is 0.425. The Hall–Kier alpha value is 0.310. The molecular formula is C13H25NS. The van der Waals surface area contributed by atoms with E-state index in [9.17, 15) is 0 Å². The van der Waals surface area contributed by atoms with Crippen molar-refractivity contribution in [3.63, 3.8) is 0 Å². The SMILES string of the molecule is C1CCCC(CNCC2CCCS2)CC1. The van der Waals surface area contributed by atoms with Gasteiger partial charge in [0.15, 0.2) is 0 Å². The van der Waals surface area contributed by atoms with Crippen molar-refractivity contribution in [1.29, 1.82) is 0 Å². The molecule has 2 heteroatoms. The highest BCUT2D eigenvalue weighted by atomic mass is 32.2. The van der Waals surface area contributed by atoms with Crippen LogP contribution in [0.2, 0.25) is 0 Å². The summed E-state index contributed by atoms with van der Waals surface area (Å²) in [7, 11) is 0. The van der Waals surface area contributed by atoms with Crippen LogP contribution in [0.25, 0.3) is 0 Å². The number of thioether (sulfide) groups is 1. The molecule has 2 rings (SSSR count). The van der Waals surface area contributed by atoms with Gasteiger partial charge in [0.1, 0.15) is 0 Å². The van der Waals surface area contributed by atoms with E-state index in [1.165, 1.54) is 70.2 Å². The van der Waals surface area contributed by atoms with E-state index in [2.05, 4.69) is 17.1 Å². The van der Waals surface area contributed by atoms with E-state index in [0.717, 1.165) is 11.2 Å². The van der Waals surface area contributed by atoms with Crippen LogP contribution < -0.4 is 5.32 Å². The summed E-state index contributed by atoms with van der Waals surface area (Å²) in [6.45, 7) is 2.55. The predicted molar refractivity (Wildman–Crippen MR) is 69.5 cm³/mol. The molecule has 1 aliphatic heterocycles. The van der Waals surface area contributed by atoms with Crippen LogP contribution in [-0.4, -0.2) is 24.1 Å². The van der Waals surface area contributed by atoms with Crippen molar-refractivity contribution in [3.8, 4) is 0 Å². The molecule has 15 heavy (non-hydrogen) atoms. The van der Waals surface area contributed by atoms with Gasteiger partial charge >= 0.3 is 0 Å². The summed E-state index contributed by atoms with van der Waals surface area (Å²) in [6.07, 6.45) is 11.8. The minimum atomic E-state index is 0.927. The largest absolute Gasteiger partial charge is 0.315 e. The molecule has 1 saturated heterocycles. The maximum Gasteiger partial charge on any atom is 0.0172 e. The molecule has 1 atom stereocenters. The topological polar surface area (TPSA) is 12.0 Å². The van der Waals surface area contributed by atoms with Gasteiger partial charge in [0.25, 0.3) is 0 Å². The third-order valence-corrected chi connectivity index (χ3v) is 5.20. The second-order valence-corrected chi connectivity index (χ2v) is 6.56. The van der Waals surface area contributed by atoms with Crippen molar-refractivity contribution in [3.05, 3.63) is 0 Å². The lowest BCUT2D eigenvalue weighted by Gasteiger charge is -2.16. The summed E-state index contributed by atoms with van der Waals surface area (Å²) in [5, 5.41) is 4.63. The van der Waals surface area contributed by atoms with E-state index >= 15 is 0 Å². The molecule has 1 aliphatic carbocycles. The molecule has 0 aromatic rings. The van der Waals surface area contributed by atoms with Gasteiger partial charge in [0, 0.05) is 11.8 Å². The van der Waals surface area contributed by atoms with Crippen molar-refractivity contribution in [2.45, 2.75) is 56.6 Å². The summed E-state index contributed by atoms with van der Waals surface area (Å²) in [4.78, 5) is 0. The monoisotopic (exact) mass is 227 g/mol. The van der Waals surface area contributed by atoms with Crippen molar-refractivity contribution in [1.82, 2.24) is 5.32 Å². The number of hydrogen-bond acceptors (Lipinski definition) is 2. The van der Waals surface area contributed by atoms with Crippen LogP contribution in [0.1, 0.15) is 51.4 Å². The Morgan fingerprint density at radius 3 is 2.33 bits per heavy atom. The van der Waals surface area contributed by atoms with Crippen molar-refractivity contribution in [2.24, 2.45) is 5.92 Å². The lowest BCUT2D eigenvalue weighted by atomic mass is 10.0. The fourth-order valence-corrected chi connectivity index (χ4v) is 4.06. The first-order chi connectivity index (χ1) is 7.45.